The maximum absolute atomic E-state index is 5.65. The summed E-state index contributed by atoms with van der Waals surface area (Å²) in [6, 6.07) is 11.9. The van der Waals surface area contributed by atoms with Gasteiger partial charge in [0.05, 0.1) is 0 Å². The maximum atomic E-state index is 5.65. The summed E-state index contributed by atoms with van der Waals surface area (Å²) < 4.78 is 5.65. The molecule has 3 atom stereocenters. The predicted molar refractivity (Wildman–Crippen MR) is 100 cm³/mol. The van der Waals surface area contributed by atoms with Gasteiger partial charge in [0, 0.05) is 37.4 Å². The summed E-state index contributed by atoms with van der Waals surface area (Å²) >= 11 is 0. The Morgan fingerprint density at radius 2 is 1.92 bits per heavy atom. The Bertz CT molecular complexity index is 484. The van der Waals surface area contributed by atoms with Crippen LogP contribution in [-0.4, -0.2) is 31.3 Å². The Hall–Kier alpha value is -0.900. The lowest BCUT2D eigenvalue weighted by Gasteiger charge is -2.42. The summed E-state index contributed by atoms with van der Waals surface area (Å²) in [6.45, 7) is 7.49. The Morgan fingerprint density at radius 1 is 1.17 bits per heavy atom. The molecule has 1 aromatic carbocycles. The van der Waals surface area contributed by atoms with E-state index < -0.39 is 0 Å². The zero-order valence-corrected chi connectivity index (χ0v) is 15.4. The molecule has 1 aromatic rings. The van der Waals surface area contributed by atoms with Gasteiger partial charge < -0.3 is 15.4 Å². The molecular formula is C21H34N2O. The van der Waals surface area contributed by atoms with E-state index in [0.717, 1.165) is 38.5 Å². The van der Waals surface area contributed by atoms with Crippen molar-refractivity contribution in [1.82, 2.24) is 10.6 Å². The average Bonchev–Trinajstić information content (AvgIpc) is 2.62. The van der Waals surface area contributed by atoms with Crippen molar-refractivity contribution in [2.75, 3.05) is 19.8 Å². The van der Waals surface area contributed by atoms with Crippen LogP contribution in [0.15, 0.2) is 30.3 Å². The van der Waals surface area contributed by atoms with Crippen LogP contribution in [0.1, 0.15) is 64.0 Å². The molecule has 2 aliphatic rings. The molecule has 0 spiro atoms. The highest BCUT2D eigenvalue weighted by molar-refractivity contribution is 5.19. The SMILES string of the molecule is C[C@@H]1CCC[C@@H](NCC2(N[C@@H](C)c3ccccc3)CCOCC2)C1. The van der Waals surface area contributed by atoms with Crippen LogP contribution < -0.4 is 10.6 Å². The monoisotopic (exact) mass is 330 g/mol. The molecular weight excluding hydrogens is 296 g/mol. The number of ether oxygens (including phenoxy) is 1. The summed E-state index contributed by atoms with van der Waals surface area (Å²) in [4.78, 5) is 0. The summed E-state index contributed by atoms with van der Waals surface area (Å²) in [6.07, 6.45) is 7.65. The molecule has 3 rings (SSSR count). The van der Waals surface area contributed by atoms with Crippen molar-refractivity contribution in [1.29, 1.82) is 0 Å². The van der Waals surface area contributed by atoms with Gasteiger partial charge in [0.15, 0.2) is 0 Å². The van der Waals surface area contributed by atoms with Gasteiger partial charge in [-0.15, -0.1) is 0 Å². The molecule has 2 N–H and O–H groups in total. The third-order valence-corrected chi connectivity index (χ3v) is 5.94. The van der Waals surface area contributed by atoms with E-state index in [4.69, 9.17) is 4.74 Å². The molecule has 0 amide bonds. The fraction of sp³-hybridized carbons (Fsp3) is 0.714. The highest BCUT2D eigenvalue weighted by Gasteiger charge is 2.34. The van der Waals surface area contributed by atoms with Crippen LogP contribution in [0, 0.1) is 5.92 Å². The number of rotatable bonds is 6. The lowest BCUT2D eigenvalue weighted by atomic mass is 9.84. The van der Waals surface area contributed by atoms with Gasteiger partial charge in [-0.3, -0.25) is 0 Å². The van der Waals surface area contributed by atoms with E-state index in [1.807, 2.05) is 0 Å². The minimum atomic E-state index is 0.161. The Morgan fingerprint density at radius 3 is 2.62 bits per heavy atom. The number of nitrogens with one attached hydrogen (secondary N) is 2. The molecule has 3 nitrogen and oxygen atoms in total. The maximum Gasteiger partial charge on any atom is 0.0484 e. The third kappa shape index (κ3) is 4.81. The van der Waals surface area contributed by atoms with E-state index in [0.29, 0.717) is 12.1 Å². The summed E-state index contributed by atoms with van der Waals surface area (Å²) in [5.74, 6) is 0.873. The van der Waals surface area contributed by atoms with Crippen molar-refractivity contribution in [2.24, 2.45) is 5.92 Å². The van der Waals surface area contributed by atoms with Crippen LogP contribution >= 0.6 is 0 Å². The molecule has 0 radical (unpaired) electrons. The quantitative estimate of drug-likeness (QED) is 0.825. The second kappa shape index (κ2) is 8.46. The molecule has 1 saturated heterocycles. The van der Waals surface area contributed by atoms with Crippen LogP contribution in [0.3, 0.4) is 0 Å². The van der Waals surface area contributed by atoms with Crippen LogP contribution in [0.5, 0.6) is 0 Å². The summed E-state index contributed by atoms with van der Waals surface area (Å²) in [7, 11) is 0. The van der Waals surface area contributed by atoms with Crippen molar-refractivity contribution in [3.8, 4) is 0 Å². The van der Waals surface area contributed by atoms with Gasteiger partial charge in [0.1, 0.15) is 0 Å². The van der Waals surface area contributed by atoms with E-state index >= 15 is 0 Å². The van der Waals surface area contributed by atoms with Gasteiger partial charge in [-0.2, -0.15) is 0 Å². The first kappa shape index (κ1) is 17.9. The first-order valence-electron chi connectivity index (χ1n) is 9.81. The topological polar surface area (TPSA) is 33.3 Å². The number of hydrogen-bond acceptors (Lipinski definition) is 3. The molecule has 1 aliphatic carbocycles. The minimum absolute atomic E-state index is 0.161. The lowest BCUT2D eigenvalue weighted by Crippen LogP contribution is -2.57. The van der Waals surface area contributed by atoms with Crippen molar-refractivity contribution in [3.63, 3.8) is 0 Å². The first-order chi connectivity index (χ1) is 11.7. The average molecular weight is 331 g/mol. The van der Waals surface area contributed by atoms with Crippen LogP contribution in [0.25, 0.3) is 0 Å². The summed E-state index contributed by atoms with van der Waals surface area (Å²) in [5, 5.41) is 7.86. The van der Waals surface area contributed by atoms with Gasteiger partial charge >= 0.3 is 0 Å². The molecule has 1 aliphatic heterocycles. The molecule has 0 unspecified atom stereocenters. The normalized spacial score (nSPS) is 28.4. The highest BCUT2D eigenvalue weighted by atomic mass is 16.5. The number of hydrogen-bond donors (Lipinski definition) is 2. The second-order valence-electron chi connectivity index (χ2n) is 8.02. The fourth-order valence-electron chi connectivity index (χ4n) is 4.38. The van der Waals surface area contributed by atoms with Crippen molar-refractivity contribution < 1.29 is 4.74 Å². The fourth-order valence-corrected chi connectivity index (χ4v) is 4.38. The second-order valence-corrected chi connectivity index (χ2v) is 8.02. The first-order valence-corrected chi connectivity index (χ1v) is 9.81. The molecule has 1 saturated carbocycles. The largest absolute Gasteiger partial charge is 0.381 e. The molecule has 0 bridgehead atoms. The highest BCUT2D eigenvalue weighted by Crippen LogP contribution is 2.27. The van der Waals surface area contributed by atoms with Gasteiger partial charge in [0.2, 0.25) is 0 Å². The van der Waals surface area contributed by atoms with Crippen LogP contribution in [-0.2, 0) is 4.74 Å². The molecule has 0 aromatic heterocycles. The van der Waals surface area contributed by atoms with Crippen molar-refractivity contribution in [2.45, 2.75) is 70.0 Å². The van der Waals surface area contributed by atoms with E-state index in [9.17, 15) is 0 Å². The van der Waals surface area contributed by atoms with E-state index in [1.165, 1.54) is 31.2 Å². The smallest absolute Gasteiger partial charge is 0.0484 e. The van der Waals surface area contributed by atoms with Crippen LogP contribution in [0.4, 0.5) is 0 Å². The van der Waals surface area contributed by atoms with Gasteiger partial charge in [-0.05, 0) is 44.1 Å². The Balaban J connectivity index is 1.61. The van der Waals surface area contributed by atoms with Gasteiger partial charge in [0.25, 0.3) is 0 Å². The minimum Gasteiger partial charge on any atom is -0.381 e. The zero-order valence-electron chi connectivity index (χ0n) is 15.4. The van der Waals surface area contributed by atoms with E-state index in [1.54, 1.807) is 0 Å². The van der Waals surface area contributed by atoms with Crippen LogP contribution in [0.2, 0.25) is 0 Å². The lowest BCUT2D eigenvalue weighted by molar-refractivity contribution is 0.0318. The molecule has 1 heterocycles. The van der Waals surface area contributed by atoms with Crippen molar-refractivity contribution in [3.05, 3.63) is 35.9 Å². The molecule has 134 valence electrons. The molecule has 3 heteroatoms. The Labute approximate surface area is 147 Å². The van der Waals surface area contributed by atoms with E-state index in [2.05, 4.69) is 54.8 Å². The predicted octanol–water partition coefficient (Wildman–Crippen LogP) is 4.05. The van der Waals surface area contributed by atoms with Crippen molar-refractivity contribution >= 4 is 0 Å². The van der Waals surface area contributed by atoms with E-state index in [-0.39, 0.29) is 5.54 Å². The number of benzene rings is 1. The zero-order chi connectivity index (χ0) is 16.8. The van der Waals surface area contributed by atoms with Gasteiger partial charge in [-0.25, -0.2) is 0 Å². The molecule has 24 heavy (non-hydrogen) atoms. The Kier molecular flexibility index (Phi) is 6.31. The summed E-state index contributed by atoms with van der Waals surface area (Å²) in [5.41, 5.74) is 1.53. The molecule has 2 fully saturated rings. The third-order valence-electron chi connectivity index (χ3n) is 5.94. The standard InChI is InChI=1S/C21H34N2O/c1-17-7-6-10-20(15-17)22-16-21(11-13-24-14-12-21)23-18(2)19-8-4-3-5-9-19/h3-5,8-9,17-18,20,22-23H,6-7,10-16H2,1-2H3/t17-,18+,20-/m1/s1. The van der Waals surface area contributed by atoms with Gasteiger partial charge in [-0.1, -0.05) is 50.1 Å².